The highest BCUT2D eigenvalue weighted by Crippen LogP contribution is 2.29. The molecule has 0 aliphatic carbocycles. The van der Waals surface area contributed by atoms with Gasteiger partial charge in [-0.05, 0) is 71.1 Å². The van der Waals surface area contributed by atoms with Crippen LogP contribution in [0.1, 0.15) is 20.3 Å². The van der Waals surface area contributed by atoms with Crippen LogP contribution in [-0.2, 0) is 32.0 Å². The average Bonchev–Trinajstić information content (AvgIpc) is 2.65. The van der Waals surface area contributed by atoms with E-state index in [2.05, 4.69) is 61.8 Å². The normalized spacial score (nSPS) is 12.4. The first-order valence-electron chi connectivity index (χ1n) is 11.3. The van der Waals surface area contributed by atoms with Gasteiger partial charge in [-0.3, -0.25) is 0 Å². The lowest BCUT2D eigenvalue weighted by atomic mass is 10.4. The Balaban J connectivity index is 5.13. The van der Waals surface area contributed by atoms with Crippen LogP contribution in [0.25, 0.3) is 0 Å². The summed E-state index contributed by atoms with van der Waals surface area (Å²) in [6.45, 7) is 23.1. The number of hydrogen-bond acceptors (Lipinski definition) is 7. The number of rotatable bonds is 18. The summed E-state index contributed by atoms with van der Waals surface area (Å²) in [5.41, 5.74) is 0.781. The van der Waals surface area contributed by atoms with E-state index >= 15 is 0 Å². The number of ether oxygens (including phenoxy) is 3. The Morgan fingerprint density at radius 3 is 1.52 bits per heavy atom. The highest BCUT2D eigenvalue weighted by Gasteiger charge is 2.43. The predicted molar refractivity (Wildman–Crippen MR) is 144 cm³/mol. The molecule has 0 aromatic carbocycles. The lowest BCUT2D eigenvalue weighted by Crippen LogP contribution is -2.54. The fourth-order valence-corrected chi connectivity index (χ4v) is 16.8. The van der Waals surface area contributed by atoms with Gasteiger partial charge in [-0.25, -0.2) is 9.59 Å². The maximum Gasteiger partial charge on any atom is 0.333 e. The average molecular weight is 584 g/mol. The number of esters is 2. The van der Waals surface area contributed by atoms with Crippen molar-refractivity contribution in [1.29, 1.82) is 0 Å². The van der Waals surface area contributed by atoms with Gasteiger partial charge in [-0.1, -0.05) is 29.1 Å². The van der Waals surface area contributed by atoms with Crippen LogP contribution in [-0.4, -0.2) is 68.9 Å². The molecule has 0 saturated carbocycles. The molecule has 0 unspecified atom stereocenters. The Labute approximate surface area is 211 Å². The summed E-state index contributed by atoms with van der Waals surface area (Å²) in [6, 6.07) is 2.16. The van der Waals surface area contributed by atoms with Gasteiger partial charge < -0.3 is 22.4 Å². The van der Waals surface area contributed by atoms with Crippen LogP contribution in [0.5, 0.6) is 0 Å². The van der Waals surface area contributed by atoms with Gasteiger partial charge >= 0.3 is 20.5 Å². The van der Waals surface area contributed by atoms with Gasteiger partial charge in [0.1, 0.15) is 0 Å². The van der Waals surface area contributed by atoms with E-state index in [1.807, 2.05) is 0 Å². The van der Waals surface area contributed by atoms with Crippen molar-refractivity contribution in [1.82, 2.24) is 0 Å². The van der Waals surface area contributed by atoms with Crippen LogP contribution in [0.2, 0.25) is 50.9 Å². The van der Waals surface area contributed by atoms with Crippen LogP contribution in [0.4, 0.5) is 0 Å². The molecular formula is C22H43BrO7Si3. The molecule has 0 aromatic rings. The van der Waals surface area contributed by atoms with Crippen molar-refractivity contribution in [2.45, 2.75) is 71.1 Å². The molecule has 0 amide bonds. The summed E-state index contributed by atoms with van der Waals surface area (Å²) in [4.78, 5) is 23.4. The highest BCUT2D eigenvalue weighted by molar-refractivity contribution is 9.09. The summed E-state index contributed by atoms with van der Waals surface area (Å²) < 4.78 is 29.7. The number of hydrogen-bond donors (Lipinski definition) is 0. The van der Waals surface area contributed by atoms with Crippen LogP contribution in [0.15, 0.2) is 24.3 Å². The third-order valence-corrected chi connectivity index (χ3v) is 17.0. The molecule has 0 rings (SSSR count). The molecule has 0 fully saturated rings. The van der Waals surface area contributed by atoms with Crippen LogP contribution in [0, 0.1) is 0 Å². The van der Waals surface area contributed by atoms with Gasteiger partial charge in [0.2, 0.25) is 0 Å². The molecule has 0 radical (unpaired) electrons. The van der Waals surface area contributed by atoms with Crippen molar-refractivity contribution in [3.63, 3.8) is 0 Å². The SMILES string of the molecule is C=C(C)C(=O)OCC[Si](C)(C)O[Si](C)(CCCOCCBr)O[Si](C)(C)CCOC(=O)C(=C)C. The number of alkyl halides is 1. The minimum Gasteiger partial charge on any atom is -0.463 e. The fourth-order valence-electron chi connectivity index (χ4n) is 3.07. The minimum atomic E-state index is -2.56. The highest BCUT2D eigenvalue weighted by atomic mass is 79.9. The van der Waals surface area contributed by atoms with Gasteiger partial charge in [0.15, 0.2) is 16.6 Å². The van der Waals surface area contributed by atoms with Crippen molar-refractivity contribution in [2.75, 3.05) is 31.8 Å². The van der Waals surface area contributed by atoms with Crippen LogP contribution >= 0.6 is 15.9 Å². The molecule has 0 aromatic heterocycles. The van der Waals surface area contributed by atoms with E-state index in [0.717, 1.165) is 17.8 Å². The van der Waals surface area contributed by atoms with Crippen molar-refractivity contribution in [2.24, 2.45) is 0 Å². The predicted octanol–water partition coefficient (Wildman–Crippen LogP) is 5.54. The van der Waals surface area contributed by atoms with Gasteiger partial charge in [-0.15, -0.1) is 0 Å². The molecule has 33 heavy (non-hydrogen) atoms. The summed E-state index contributed by atoms with van der Waals surface area (Å²) in [7, 11) is -6.91. The van der Waals surface area contributed by atoms with E-state index in [0.29, 0.717) is 49.7 Å². The van der Waals surface area contributed by atoms with E-state index in [-0.39, 0.29) is 11.9 Å². The second-order valence-electron chi connectivity index (χ2n) is 9.59. The maximum atomic E-state index is 11.7. The first kappa shape index (κ1) is 32.4. The molecule has 0 heterocycles. The first-order valence-corrected chi connectivity index (χ1v) is 21.2. The molecule has 0 spiro atoms. The van der Waals surface area contributed by atoms with Crippen LogP contribution < -0.4 is 0 Å². The number of carbonyl (C=O) groups is 2. The lowest BCUT2D eigenvalue weighted by molar-refractivity contribution is -0.139. The largest absolute Gasteiger partial charge is 0.463 e. The first-order chi connectivity index (χ1) is 15.1. The van der Waals surface area contributed by atoms with Crippen molar-refractivity contribution < 1.29 is 32.0 Å². The standard InChI is InChI=1S/C22H43BrO7Si3/c1-19(2)21(24)27-14-17-31(5,6)29-33(9,16-10-12-26-13-11-23)30-32(7,8)18-15-28-22(25)20(3)4/h1,3,10-18H2,2,4-9H3. The molecule has 0 aliphatic heterocycles. The Hall–Kier alpha value is -0.569. The smallest absolute Gasteiger partial charge is 0.333 e. The number of halogens is 1. The number of carbonyl (C=O) groups excluding carboxylic acids is 2. The minimum absolute atomic E-state index is 0.307. The summed E-state index contributed by atoms with van der Waals surface area (Å²) in [5, 5.41) is 0.806. The second kappa shape index (κ2) is 15.4. The molecule has 0 N–H and O–H groups in total. The Kier molecular flexibility index (Phi) is 15.2. The zero-order valence-corrected chi connectivity index (χ0v) is 26.1. The van der Waals surface area contributed by atoms with Gasteiger partial charge in [-0.2, -0.15) is 0 Å². The Bertz CT molecular complexity index is 622. The third kappa shape index (κ3) is 15.9. The molecule has 0 aliphatic rings. The lowest BCUT2D eigenvalue weighted by Gasteiger charge is -2.40. The van der Waals surface area contributed by atoms with E-state index in [4.69, 9.17) is 22.4 Å². The van der Waals surface area contributed by atoms with Crippen molar-refractivity contribution in [3.05, 3.63) is 24.3 Å². The summed E-state index contributed by atoms with van der Waals surface area (Å²) >= 11 is 3.37. The molecular weight excluding hydrogens is 540 g/mol. The summed E-state index contributed by atoms with van der Waals surface area (Å²) in [5.74, 6) is -0.754. The molecule has 192 valence electrons. The third-order valence-electron chi connectivity index (χ3n) is 4.70. The Morgan fingerprint density at radius 2 is 1.15 bits per heavy atom. The second-order valence-corrected chi connectivity index (χ2v) is 22.8. The molecule has 0 saturated heterocycles. The van der Waals surface area contributed by atoms with E-state index in [1.54, 1.807) is 13.8 Å². The van der Waals surface area contributed by atoms with E-state index in [1.165, 1.54) is 0 Å². The molecule has 11 heteroatoms. The van der Waals surface area contributed by atoms with Gasteiger partial charge in [0, 0.05) is 23.1 Å². The monoisotopic (exact) mass is 582 g/mol. The topological polar surface area (TPSA) is 80.3 Å². The molecule has 7 nitrogen and oxygen atoms in total. The molecule has 0 bridgehead atoms. The zero-order valence-electron chi connectivity index (χ0n) is 21.5. The van der Waals surface area contributed by atoms with Gasteiger partial charge in [0.05, 0.1) is 19.8 Å². The van der Waals surface area contributed by atoms with E-state index < -0.39 is 25.2 Å². The van der Waals surface area contributed by atoms with Crippen LogP contribution in [0.3, 0.4) is 0 Å². The summed E-state index contributed by atoms with van der Waals surface area (Å²) in [6.07, 6.45) is 0.847. The van der Waals surface area contributed by atoms with Crippen molar-refractivity contribution in [3.8, 4) is 0 Å². The zero-order chi connectivity index (χ0) is 25.7. The maximum absolute atomic E-state index is 11.7. The van der Waals surface area contributed by atoms with Crippen molar-refractivity contribution >= 4 is 53.1 Å². The molecule has 0 atom stereocenters. The van der Waals surface area contributed by atoms with E-state index in [9.17, 15) is 9.59 Å². The fraction of sp³-hybridized carbons (Fsp3) is 0.727. The quantitative estimate of drug-likeness (QED) is 0.0689. The van der Waals surface area contributed by atoms with Gasteiger partial charge in [0.25, 0.3) is 0 Å². The Morgan fingerprint density at radius 1 is 0.727 bits per heavy atom.